The summed E-state index contributed by atoms with van der Waals surface area (Å²) in [6, 6.07) is 0. The molecule has 0 aromatic carbocycles. The molecule has 1 unspecified atom stereocenters. The average molecular weight is 356 g/mol. The molecule has 0 radical (unpaired) electrons. The molecule has 0 bridgehead atoms. The van der Waals surface area contributed by atoms with Crippen molar-refractivity contribution >= 4 is 6.16 Å². The Labute approximate surface area is 155 Å². The number of rotatable bonds is 16. The zero-order valence-corrected chi connectivity index (χ0v) is 16.5. The van der Waals surface area contributed by atoms with Crippen molar-refractivity contribution in [2.24, 2.45) is 0 Å². The van der Waals surface area contributed by atoms with Crippen LogP contribution < -0.4 is 5.32 Å². The van der Waals surface area contributed by atoms with Gasteiger partial charge in [0.2, 0.25) is 0 Å². The Balaban J connectivity index is 1.71. The molecule has 148 valence electrons. The highest BCUT2D eigenvalue weighted by molar-refractivity contribution is 5.60. The van der Waals surface area contributed by atoms with E-state index in [0.29, 0.717) is 6.61 Å². The van der Waals surface area contributed by atoms with Crippen LogP contribution in [0.1, 0.15) is 110 Å². The van der Waals surface area contributed by atoms with Gasteiger partial charge >= 0.3 is 6.16 Å². The normalized spacial score (nSPS) is 16.9. The lowest BCUT2D eigenvalue weighted by molar-refractivity contribution is 0.0179. The van der Waals surface area contributed by atoms with Gasteiger partial charge in [-0.2, -0.15) is 0 Å². The van der Waals surface area contributed by atoms with E-state index in [1.165, 1.54) is 77.0 Å². The highest BCUT2D eigenvalue weighted by Gasteiger charge is 2.18. The van der Waals surface area contributed by atoms with Crippen molar-refractivity contribution < 1.29 is 14.3 Å². The molecule has 0 saturated carbocycles. The molecule has 1 aliphatic heterocycles. The zero-order chi connectivity index (χ0) is 18.0. The van der Waals surface area contributed by atoms with Gasteiger partial charge in [-0.05, 0) is 25.8 Å². The van der Waals surface area contributed by atoms with Crippen LogP contribution in [0.5, 0.6) is 0 Å². The van der Waals surface area contributed by atoms with Gasteiger partial charge in [-0.1, -0.05) is 90.4 Å². The molecular weight excluding hydrogens is 314 g/mol. The molecule has 0 amide bonds. The van der Waals surface area contributed by atoms with E-state index in [9.17, 15) is 4.79 Å². The summed E-state index contributed by atoms with van der Waals surface area (Å²) in [5.41, 5.74) is 0. The number of ether oxygens (including phenoxy) is 2. The maximum atomic E-state index is 11.4. The summed E-state index contributed by atoms with van der Waals surface area (Å²) in [5, 5.41) is 3.12. The van der Waals surface area contributed by atoms with Gasteiger partial charge in [0.05, 0.1) is 6.61 Å². The monoisotopic (exact) mass is 355 g/mol. The number of unbranched alkanes of at least 4 members (excludes halogenated alkanes) is 13. The lowest BCUT2D eigenvalue weighted by Crippen LogP contribution is -2.28. The van der Waals surface area contributed by atoms with Gasteiger partial charge in [0.15, 0.2) is 6.23 Å². The molecular formula is C21H41NO3. The lowest BCUT2D eigenvalue weighted by Gasteiger charge is -2.11. The molecule has 0 aromatic rings. The first kappa shape index (κ1) is 22.3. The van der Waals surface area contributed by atoms with E-state index in [-0.39, 0.29) is 6.23 Å². The Bertz CT molecular complexity index is 304. The van der Waals surface area contributed by atoms with Gasteiger partial charge in [0, 0.05) is 0 Å². The first-order valence-electron chi connectivity index (χ1n) is 10.9. The topological polar surface area (TPSA) is 47.6 Å². The Morgan fingerprint density at radius 3 is 1.84 bits per heavy atom. The summed E-state index contributed by atoms with van der Waals surface area (Å²) in [7, 11) is 0. The summed E-state index contributed by atoms with van der Waals surface area (Å²) in [6.45, 7) is 3.69. The van der Waals surface area contributed by atoms with Crippen LogP contribution in [0.15, 0.2) is 0 Å². The van der Waals surface area contributed by atoms with Crippen molar-refractivity contribution in [2.75, 3.05) is 13.2 Å². The summed E-state index contributed by atoms with van der Waals surface area (Å²) >= 11 is 0. The second-order valence-electron chi connectivity index (χ2n) is 7.40. The second-order valence-corrected chi connectivity index (χ2v) is 7.40. The molecule has 1 rings (SSSR count). The number of hydrogen-bond donors (Lipinski definition) is 1. The summed E-state index contributed by atoms with van der Waals surface area (Å²) in [6.07, 6.45) is 20.0. The Hall–Kier alpha value is -0.770. The van der Waals surface area contributed by atoms with Crippen molar-refractivity contribution in [1.29, 1.82) is 0 Å². The minimum atomic E-state index is -0.519. The van der Waals surface area contributed by atoms with Gasteiger partial charge in [-0.15, -0.1) is 0 Å². The van der Waals surface area contributed by atoms with E-state index < -0.39 is 6.16 Å². The van der Waals surface area contributed by atoms with Crippen LogP contribution in [0.25, 0.3) is 0 Å². The highest BCUT2D eigenvalue weighted by Crippen LogP contribution is 2.13. The van der Waals surface area contributed by atoms with E-state index in [1.54, 1.807) is 0 Å². The lowest BCUT2D eigenvalue weighted by atomic mass is 10.0. The van der Waals surface area contributed by atoms with Gasteiger partial charge in [-0.25, -0.2) is 4.79 Å². The van der Waals surface area contributed by atoms with Crippen molar-refractivity contribution in [1.82, 2.24) is 5.32 Å². The molecule has 4 heteroatoms. The van der Waals surface area contributed by atoms with Crippen molar-refractivity contribution in [3.63, 3.8) is 0 Å². The summed E-state index contributed by atoms with van der Waals surface area (Å²) < 4.78 is 10.3. The fourth-order valence-electron chi connectivity index (χ4n) is 3.36. The summed E-state index contributed by atoms with van der Waals surface area (Å²) in [4.78, 5) is 11.4. The van der Waals surface area contributed by atoms with Gasteiger partial charge < -0.3 is 9.47 Å². The van der Waals surface area contributed by atoms with Crippen LogP contribution in [0.3, 0.4) is 0 Å². The fraction of sp³-hybridized carbons (Fsp3) is 0.952. The van der Waals surface area contributed by atoms with Gasteiger partial charge in [-0.3, -0.25) is 5.32 Å². The van der Waals surface area contributed by atoms with Crippen LogP contribution >= 0.6 is 0 Å². The Morgan fingerprint density at radius 2 is 1.36 bits per heavy atom. The SMILES string of the molecule is CCCCCCCCCCCCCCCCOC(=O)OC1CCCN1. The van der Waals surface area contributed by atoms with E-state index in [1.807, 2.05) is 0 Å². The average Bonchev–Trinajstić information content (AvgIpc) is 3.11. The molecule has 1 heterocycles. The van der Waals surface area contributed by atoms with Crippen LogP contribution in [-0.4, -0.2) is 25.5 Å². The second kappa shape index (κ2) is 16.7. The Morgan fingerprint density at radius 1 is 0.840 bits per heavy atom. The molecule has 1 N–H and O–H groups in total. The quantitative estimate of drug-likeness (QED) is 0.259. The fourth-order valence-corrected chi connectivity index (χ4v) is 3.36. The number of carbonyl (C=O) groups excluding carboxylic acids is 1. The third-order valence-corrected chi connectivity index (χ3v) is 4.97. The van der Waals surface area contributed by atoms with Crippen LogP contribution in [0.2, 0.25) is 0 Å². The third-order valence-electron chi connectivity index (χ3n) is 4.97. The number of nitrogens with one attached hydrogen (secondary N) is 1. The standard InChI is InChI=1S/C21H41NO3/c1-2-3-4-5-6-7-8-9-10-11-12-13-14-15-19-24-21(23)25-20-17-16-18-22-20/h20,22H,2-19H2,1H3. The molecule has 0 spiro atoms. The third kappa shape index (κ3) is 14.1. The van der Waals surface area contributed by atoms with E-state index >= 15 is 0 Å². The highest BCUT2D eigenvalue weighted by atomic mass is 16.7. The maximum Gasteiger partial charge on any atom is 0.509 e. The predicted octanol–water partition coefficient (Wildman–Crippen LogP) is 6.33. The van der Waals surface area contributed by atoms with Crippen molar-refractivity contribution in [3.8, 4) is 0 Å². The Kier molecular flexibility index (Phi) is 14.9. The largest absolute Gasteiger partial charge is 0.509 e. The molecule has 25 heavy (non-hydrogen) atoms. The molecule has 1 atom stereocenters. The smallest absolute Gasteiger partial charge is 0.434 e. The molecule has 0 aromatic heterocycles. The zero-order valence-electron chi connectivity index (χ0n) is 16.5. The minimum Gasteiger partial charge on any atom is -0.434 e. The molecule has 0 aliphatic carbocycles. The molecule has 1 fully saturated rings. The number of hydrogen-bond acceptors (Lipinski definition) is 4. The first-order chi connectivity index (χ1) is 12.3. The van der Waals surface area contributed by atoms with Crippen LogP contribution in [-0.2, 0) is 9.47 Å². The van der Waals surface area contributed by atoms with E-state index in [2.05, 4.69) is 12.2 Å². The van der Waals surface area contributed by atoms with E-state index in [0.717, 1.165) is 32.2 Å². The van der Waals surface area contributed by atoms with Crippen molar-refractivity contribution in [2.45, 2.75) is 116 Å². The predicted molar refractivity (Wildman–Crippen MR) is 104 cm³/mol. The van der Waals surface area contributed by atoms with Crippen LogP contribution in [0.4, 0.5) is 4.79 Å². The van der Waals surface area contributed by atoms with Gasteiger partial charge in [0.1, 0.15) is 0 Å². The summed E-state index contributed by atoms with van der Waals surface area (Å²) in [5.74, 6) is 0. The molecule has 4 nitrogen and oxygen atoms in total. The number of carbonyl (C=O) groups is 1. The van der Waals surface area contributed by atoms with E-state index in [4.69, 9.17) is 9.47 Å². The molecule has 1 aliphatic rings. The minimum absolute atomic E-state index is 0.135. The van der Waals surface area contributed by atoms with Gasteiger partial charge in [0.25, 0.3) is 0 Å². The molecule has 1 saturated heterocycles. The van der Waals surface area contributed by atoms with Crippen molar-refractivity contribution in [3.05, 3.63) is 0 Å². The van der Waals surface area contributed by atoms with Crippen LogP contribution in [0, 0.1) is 0 Å². The maximum absolute atomic E-state index is 11.4. The first-order valence-corrected chi connectivity index (χ1v) is 10.9.